The molecule has 2 aromatic rings. The summed E-state index contributed by atoms with van der Waals surface area (Å²) in [5.41, 5.74) is 1.24. The van der Waals surface area contributed by atoms with Crippen molar-refractivity contribution in [3.63, 3.8) is 0 Å². The van der Waals surface area contributed by atoms with E-state index in [4.69, 9.17) is 4.74 Å². The van der Waals surface area contributed by atoms with E-state index in [1.54, 1.807) is 11.3 Å². The Hall–Kier alpha value is -1.65. The summed E-state index contributed by atoms with van der Waals surface area (Å²) in [7, 11) is 0. The first kappa shape index (κ1) is 14.9. The first-order valence-corrected chi connectivity index (χ1v) is 9.22. The third-order valence-electron chi connectivity index (χ3n) is 4.78. The smallest absolute Gasteiger partial charge is 0.264 e. The Labute approximate surface area is 140 Å². The Balaban J connectivity index is 1.54. The fourth-order valence-corrected chi connectivity index (χ4v) is 4.66. The van der Waals surface area contributed by atoms with Crippen molar-refractivity contribution in [2.75, 3.05) is 13.2 Å². The van der Waals surface area contributed by atoms with Crippen LogP contribution < -0.4 is 0 Å². The molecule has 4 rings (SSSR count). The van der Waals surface area contributed by atoms with E-state index in [2.05, 4.69) is 30.3 Å². The third kappa shape index (κ3) is 2.93. The lowest BCUT2D eigenvalue weighted by atomic mass is 10.0. The second-order valence-corrected chi connectivity index (χ2v) is 7.39. The van der Waals surface area contributed by atoms with Gasteiger partial charge in [0, 0.05) is 18.0 Å². The highest BCUT2D eigenvalue weighted by Crippen LogP contribution is 2.37. The summed E-state index contributed by atoms with van der Waals surface area (Å²) < 4.78 is 5.73. The van der Waals surface area contributed by atoms with E-state index in [0.717, 1.165) is 43.7 Å². The number of thiophene rings is 1. The molecule has 3 nitrogen and oxygen atoms in total. The highest BCUT2D eigenvalue weighted by molar-refractivity contribution is 7.14. The molecule has 0 saturated carbocycles. The molecule has 1 aromatic heterocycles. The Kier molecular flexibility index (Phi) is 4.19. The zero-order valence-electron chi connectivity index (χ0n) is 13.1. The minimum atomic E-state index is 0.172. The molecule has 1 aromatic carbocycles. The molecule has 0 radical (unpaired) electrons. The van der Waals surface area contributed by atoms with Crippen LogP contribution in [-0.2, 0) is 4.74 Å². The first-order valence-electron chi connectivity index (χ1n) is 8.40. The highest BCUT2D eigenvalue weighted by Gasteiger charge is 2.31. The second-order valence-electron chi connectivity index (χ2n) is 6.27. The molecule has 0 bridgehead atoms. The second kappa shape index (κ2) is 6.46. The van der Waals surface area contributed by atoms with Crippen LogP contribution in [0.5, 0.6) is 0 Å². The zero-order valence-corrected chi connectivity index (χ0v) is 13.9. The molecule has 0 spiro atoms. The van der Waals surface area contributed by atoms with Gasteiger partial charge in [-0.3, -0.25) is 4.79 Å². The number of nitrogens with zero attached hydrogens (tertiary/aromatic N) is 1. The predicted octanol–water partition coefficient (Wildman–Crippen LogP) is 4.58. The summed E-state index contributed by atoms with van der Waals surface area (Å²) in [6.45, 7) is 1.69. The van der Waals surface area contributed by atoms with Gasteiger partial charge in [0.25, 0.3) is 5.91 Å². The zero-order chi connectivity index (χ0) is 15.6. The van der Waals surface area contributed by atoms with Crippen molar-refractivity contribution in [3.05, 3.63) is 57.8 Å². The number of amides is 1. The molecule has 2 atom stereocenters. The first-order chi connectivity index (χ1) is 11.3. The standard InChI is InChI=1S/C19H21NO2S/c21-19(18-11-10-17(23-18)16-9-5-13-22-16)20-12-4-8-15(20)14-6-2-1-3-7-14/h1-3,6-7,10-11,15-16H,4-5,8-9,12-13H2/t15-,16+/m0/s1. The van der Waals surface area contributed by atoms with Gasteiger partial charge in [-0.1, -0.05) is 30.3 Å². The Morgan fingerprint density at radius 1 is 1.09 bits per heavy atom. The molecule has 120 valence electrons. The van der Waals surface area contributed by atoms with Crippen molar-refractivity contribution >= 4 is 17.2 Å². The molecule has 2 saturated heterocycles. The van der Waals surface area contributed by atoms with Gasteiger partial charge < -0.3 is 9.64 Å². The molecule has 1 amide bonds. The summed E-state index contributed by atoms with van der Waals surface area (Å²) in [6, 6.07) is 14.7. The summed E-state index contributed by atoms with van der Waals surface area (Å²) >= 11 is 1.61. The maximum absolute atomic E-state index is 13.0. The van der Waals surface area contributed by atoms with Gasteiger partial charge in [0.1, 0.15) is 0 Å². The number of carbonyl (C=O) groups is 1. The largest absolute Gasteiger partial charge is 0.373 e. The fourth-order valence-electron chi connectivity index (χ4n) is 3.62. The summed E-state index contributed by atoms with van der Waals surface area (Å²) in [4.78, 5) is 17.0. The number of hydrogen-bond donors (Lipinski definition) is 0. The molecule has 23 heavy (non-hydrogen) atoms. The Bertz CT molecular complexity index is 676. The van der Waals surface area contributed by atoms with E-state index in [9.17, 15) is 4.79 Å². The number of carbonyl (C=O) groups excluding carboxylic acids is 1. The molecule has 2 aliphatic heterocycles. The van der Waals surface area contributed by atoms with Gasteiger partial charge in [-0.05, 0) is 43.4 Å². The molecule has 0 N–H and O–H groups in total. The van der Waals surface area contributed by atoms with E-state index in [0.29, 0.717) is 0 Å². The van der Waals surface area contributed by atoms with Crippen LogP contribution in [0.2, 0.25) is 0 Å². The van der Waals surface area contributed by atoms with Crippen LogP contribution in [-0.4, -0.2) is 24.0 Å². The van der Waals surface area contributed by atoms with E-state index < -0.39 is 0 Å². The van der Waals surface area contributed by atoms with Crippen LogP contribution in [0.4, 0.5) is 0 Å². The molecular formula is C19H21NO2S. The van der Waals surface area contributed by atoms with Gasteiger partial charge in [0.15, 0.2) is 0 Å². The van der Waals surface area contributed by atoms with E-state index in [1.165, 1.54) is 10.4 Å². The third-order valence-corrected chi connectivity index (χ3v) is 5.95. The lowest BCUT2D eigenvalue weighted by Crippen LogP contribution is -2.29. The number of ether oxygens (including phenoxy) is 1. The normalized spacial score (nSPS) is 24.3. The van der Waals surface area contributed by atoms with Gasteiger partial charge in [-0.25, -0.2) is 0 Å². The van der Waals surface area contributed by atoms with Crippen molar-refractivity contribution in [3.8, 4) is 0 Å². The Morgan fingerprint density at radius 2 is 1.96 bits per heavy atom. The molecular weight excluding hydrogens is 306 g/mol. The average molecular weight is 327 g/mol. The highest BCUT2D eigenvalue weighted by atomic mass is 32.1. The minimum Gasteiger partial charge on any atom is -0.373 e. The van der Waals surface area contributed by atoms with E-state index in [1.807, 2.05) is 17.0 Å². The van der Waals surface area contributed by atoms with Crippen LogP contribution in [0.15, 0.2) is 42.5 Å². The molecule has 0 aliphatic carbocycles. The van der Waals surface area contributed by atoms with Gasteiger partial charge >= 0.3 is 0 Å². The van der Waals surface area contributed by atoms with Gasteiger partial charge in [0.05, 0.1) is 17.0 Å². The molecule has 4 heteroatoms. The maximum atomic E-state index is 13.0. The number of rotatable bonds is 3. The molecule has 3 heterocycles. The SMILES string of the molecule is O=C(c1ccc([C@H]2CCCO2)s1)N1CCC[C@H]1c1ccccc1. The quantitative estimate of drug-likeness (QED) is 0.826. The summed E-state index contributed by atoms with van der Waals surface area (Å²) in [5, 5.41) is 0. The van der Waals surface area contributed by atoms with Crippen LogP contribution in [0, 0.1) is 0 Å². The lowest BCUT2D eigenvalue weighted by Gasteiger charge is -2.24. The lowest BCUT2D eigenvalue weighted by molar-refractivity contribution is 0.0740. The van der Waals surface area contributed by atoms with E-state index in [-0.39, 0.29) is 18.1 Å². The van der Waals surface area contributed by atoms with E-state index >= 15 is 0 Å². The van der Waals surface area contributed by atoms with Crippen LogP contribution >= 0.6 is 11.3 Å². The molecule has 2 aliphatic rings. The monoisotopic (exact) mass is 327 g/mol. The minimum absolute atomic E-state index is 0.172. The van der Waals surface area contributed by atoms with Crippen molar-refractivity contribution < 1.29 is 9.53 Å². The maximum Gasteiger partial charge on any atom is 0.264 e. The number of benzene rings is 1. The van der Waals surface area contributed by atoms with Crippen molar-refractivity contribution in [2.24, 2.45) is 0 Å². The van der Waals surface area contributed by atoms with Gasteiger partial charge in [0.2, 0.25) is 0 Å². The van der Waals surface area contributed by atoms with Crippen molar-refractivity contribution in [1.29, 1.82) is 0 Å². The topological polar surface area (TPSA) is 29.5 Å². The fraction of sp³-hybridized carbons (Fsp3) is 0.421. The Morgan fingerprint density at radius 3 is 2.74 bits per heavy atom. The van der Waals surface area contributed by atoms with Crippen LogP contribution in [0.25, 0.3) is 0 Å². The molecule has 2 fully saturated rings. The van der Waals surface area contributed by atoms with Gasteiger partial charge in [-0.2, -0.15) is 0 Å². The predicted molar refractivity (Wildman–Crippen MR) is 91.7 cm³/mol. The summed E-state index contributed by atoms with van der Waals surface area (Å²) in [6.07, 6.45) is 4.53. The van der Waals surface area contributed by atoms with Crippen molar-refractivity contribution in [1.82, 2.24) is 4.90 Å². The molecule has 0 unspecified atom stereocenters. The van der Waals surface area contributed by atoms with Crippen molar-refractivity contribution in [2.45, 2.75) is 37.8 Å². The average Bonchev–Trinajstić information content (AvgIpc) is 3.35. The van der Waals surface area contributed by atoms with Gasteiger partial charge in [-0.15, -0.1) is 11.3 Å². The van der Waals surface area contributed by atoms with Crippen LogP contribution in [0.1, 0.15) is 57.9 Å². The number of hydrogen-bond acceptors (Lipinski definition) is 3. The number of likely N-dealkylation sites (tertiary alicyclic amines) is 1. The van der Waals surface area contributed by atoms with Crippen LogP contribution in [0.3, 0.4) is 0 Å². The summed E-state index contributed by atoms with van der Waals surface area (Å²) in [5.74, 6) is 0.172.